The Kier molecular flexibility index (Phi) is 4.65. The summed E-state index contributed by atoms with van der Waals surface area (Å²) >= 11 is 0. The van der Waals surface area contributed by atoms with E-state index in [9.17, 15) is 10.1 Å². The number of unbranched alkanes of at least 4 members (excludes halogenated alkanes) is 1. The first-order valence-electron chi connectivity index (χ1n) is 6.48. The number of aromatic nitrogens is 3. The predicted octanol–water partition coefficient (Wildman–Crippen LogP) is 2.39. The minimum Gasteiger partial charge on any atom is -0.364 e. The Morgan fingerprint density at radius 3 is 2.95 bits per heavy atom. The molecule has 7 heteroatoms. The van der Waals surface area contributed by atoms with Crippen molar-refractivity contribution >= 4 is 11.5 Å². The summed E-state index contributed by atoms with van der Waals surface area (Å²) in [5.74, 6) is 0.345. The van der Waals surface area contributed by atoms with Gasteiger partial charge in [0.2, 0.25) is 5.82 Å². The molecule has 0 fully saturated rings. The summed E-state index contributed by atoms with van der Waals surface area (Å²) in [7, 11) is 0. The number of imidazole rings is 1. The van der Waals surface area contributed by atoms with Crippen molar-refractivity contribution in [3.8, 4) is 0 Å². The van der Waals surface area contributed by atoms with Gasteiger partial charge < -0.3 is 9.88 Å². The standard InChI is InChI=1S/C13H17N5O2/c1-11-4-5-12(18(19)20)13(16-11)15-6-2-3-8-17-9-7-14-10-17/h4-5,7,9-10H,2-3,6,8H2,1H3,(H,15,16). The van der Waals surface area contributed by atoms with Crippen LogP contribution in [0, 0.1) is 17.0 Å². The molecule has 0 aliphatic carbocycles. The molecular formula is C13H17N5O2. The summed E-state index contributed by atoms with van der Waals surface area (Å²) < 4.78 is 2.01. The number of nitrogens with zero attached hydrogens (tertiary/aromatic N) is 4. The average molecular weight is 275 g/mol. The van der Waals surface area contributed by atoms with Gasteiger partial charge in [-0.3, -0.25) is 10.1 Å². The number of pyridine rings is 1. The first-order valence-corrected chi connectivity index (χ1v) is 6.48. The van der Waals surface area contributed by atoms with Gasteiger partial charge in [-0.1, -0.05) is 0 Å². The lowest BCUT2D eigenvalue weighted by Crippen LogP contribution is -2.08. The van der Waals surface area contributed by atoms with Gasteiger partial charge in [-0.25, -0.2) is 9.97 Å². The molecule has 0 saturated carbocycles. The average Bonchev–Trinajstić information content (AvgIpc) is 2.91. The Morgan fingerprint density at radius 2 is 2.25 bits per heavy atom. The molecule has 2 aromatic rings. The molecule has 0 saturated heterocycles. The molecule has 2 aromatic heterocycles. The molecule has 0 bridgehead atoms. The lowest BCUT2D eigenvalue weighted by molar-refractivity contribution is -0.384. The molecule has 1 N–H and O–H groups in total. The third-order valence-corrected chi connectivity index (χ3v) is 2.90. The number of nitro groups is 1. The predicted molar refractivity (Wildman–Crippen MR) is 75.6 cm³/mol. The van der Waals surface area contributed by atoms with Crippen molar-refractivity contribution in [1.29, 1.82) is 0 Å². The normalized spacial score (nSPS) is 10.4. The van der Waals surface area contributed by atoms with Crippen LogP contribution in [0.5, 0.6) is 0 Å². The maximum atomic E-state index is 10.9. The van der Waals surface area contributed by atoms with Gasteiger partial charge in [-0.15, -0.1) is 0 Å². The van der Waals surface area contributed by atoms with Gasteiger partial charge in [-0.05, 0) is 25.8 Å². The van der Waals surface area contributed by atoms with Crippen molar-refractivity contribution in [2.24, 2.45) is 0 Å². The molecular weight excluding hydrogens is 258 g/mol. The summed E-state index contributed by atoms with van der Waals surface area (Å²) in [5.41, 5.74) is 0.779. The van der Waals surface area contributed by atoms with E-state index in [2.05, 4.69) is 15.3 Å². The number of hydrogen-bond acceptors (Lipinski definition) is 5. The van der Waals surface area contributed by atoms with Crippen LogP contribution in [-0.4, -0.2) is 26.0 Å². The van der Waals surface area contributed by atoms with E-state index in [-0.39, 0.29) is 5.69 Å². The van der Waals surface area contributed by atoms with Crippen molar-refractivity contribution in [2.45, 2.75) is 26.3 Å². The fourth-order valence-electron chi connectivity index (χ4n) is 1.87. The highest BCUT2D eigenvalue weighted by atomic mass is 16.6. The Hall–Kier alpha value is -2.44. The molecule has 0 amide bonds. The number of hydrogen-bond donors (Lipinski definition) is 1. The van der Waals surface area contributed by atoms with Gasteiger partial charge in [-0.2, -0.15) is 0 Å². The minimum absolute atomic E-state index is 0.0187. The first-order chi connectivity index (χ1) is 9.66. The van der Waals surface area contributed by atoms with Crippen LogP contribution in [-0.2, 0) is 6.54 Å². The van der Waals surface area contributed by atoms with Crippen LogP contribution in [0.1, 0.15) is 18.5 Å². The molecule has 0 aromatic carbocycles. The molecule has 20 heavy (non-hydrogen) atoms. The SMILES string of the molecule is Cc1ccc([N+](=O)[O-])c(NCCCCn2ccnc2)n1. The Bertz CT molecular complexity index is 568. The third kappa shape index (κ3) is 3.78. The molecule has 2 rings (SSSR count). The van der Waals surface area contributed by atoms with Crippen LogP contribution in [0.3, 0.4) is 0 Å². The Morgan fingerprint density at radius 1 is 1.40 bits per heavy atom. The van der Waals surface area contributed by atoms with Gasteiger partial charge in [0.1, 0.15) is 0 Å². The number of nitrogens with one attached hydrogen (secondary N) is 1. The van der Waals surface area contributed by atoms with Crippen LogP contribution < -0.4 is 5.32 Å². The molecule has 0 aliphatic rings. The van der Waals surface area contributed by atoms with Gasteiger partial charge >= 0.3 is 5.69 Å². The molecule has 0 atom stereocenters. The zero-order valence-corrected chi connectivity index (χ0v) is 11.3. The number of anilines is 1. The summed E-state index contributed by atoms with van der Waals surface area (Å²) in [6, 6.07) is 3.12. The van der Waals surface area contributed by atoms with Crippen molar-refractivity contribution in [3.05, 3.63) is 46.7 Å². The topological polar surface area (TPSA) is 85.9 Å². The monoisotopic (exact) mass is 275 g/mol. The molecule has 0 aliphatic heterocycles. The van der Waals surface area contributed by atoms with Gasteiger partial charge in [0.25, 0.3) is 0 Å². The van der Waals surface area contributed by atoms with Crippen LogP contribution in [0.25, 0.3) is 0 Å². The molecule has 7 nitrogen and oxygen atoms in total. The summed E-state index contributed by atoms with van der Waals surface area (Å²) in [6.45, 7) is 3.37. The smallest absolute Gasteiger partial charge is 0.311 e. The van der Waals surface area contributed by atoms with Gasteiger partial charge in [0.05, 0.1) is 11.3 Å². The fourth-order valence-corrected chi connectivity index (χ4v) is 1.87. The zero-order valence-electron chi connectivity index (χ0n) is 11.3. The Balaban J connectivity index is 1.81. The van der Waals surface area contributed by atoms with E-state index in [4.69, 9.17) is 0 Å². The van der Waals surface area contributed by atoms with E-state index in [1.165, 1.54) is 6.07 Å². The highest BCUT2D eigenvalue weighted by Crippen LogP contribution is 2.21. The second-order valence-electron chi connectivity index (χ2n) is 4.51. The molecule has 0 radical (unpaired) electrons. The lowest BCUT2D eigenvalue weighted by Gasteiger charge is -2.07. The van der Waals surface area contributed by atoms with E-state index < -0.39 is 4.92 Å². The second kappa shape index (κ2) is 6.65. The highest BCUT2D eigenvalue weighted by molar-refractivity contribution is 5.55. The molecule has 0 spiro atoms. The van der Waals surface area contributed by atoms with Crippen LogP contribution in [0.2, 0.25) is 0 Å². The van der Waals surface area contributed by atoms with Crippen molar-refractivity contribution in [2.75, 3.05) is 11.9 Å². The van der Waals surface area contributed by atoms with E-state index >= 15 is 0 Å². The highest BCUT2D eigenvalue weighted by Gasteiger charge is 2.14. The maximum Gasteiger partial charge on any atom is 0.311 e. The largest absolute Gasteiger partial charge is 0.364 e. The number of rotatable bonds is 7. The summed E-state index contributed by atoms with van der Waals surface area (Å²) in [4.78, 5) is 18.6. The maximum absolute atomic E-state index is 10.9. The third-order valence-electron chi connectivity index (χ3n) is 2.90. The second-order valence-corrected chi connectivity index (χ2v) is 4.51. The summed E-state index contributed by atoms with van der Waals surface area (Å²) in [5, 5.41) is 13.9. The van der Waals surface area contributed by atoms with Crippen molar-refractivity contribution < 1.29 is 4.92 Å². The molecule has 106 valence electrons. The quantitative estimate of drug-likeness (QED) is 0.476. The zero-order chi connectivity index (χ0) is 14.4. The van der Waals surface area contributed by atoms with Gasteiger partial charge in [0, 0.05) is 37.2 Å². The van der Waals surface area contributed by atoms with Gasteiger partial charge in [0.15, 0.2) is 0 Å². The fraction of sp³-hybridized carbons (Fsp3) is 0.385. The Labute approximate surface area is 116 Å². The van der Waals surface area contributed by atoms with Crippen LogP contribution >= 0.6 is 0 Å². The van der Waals surface area contributed by atoms with E-state index in [1.807, 2.05) is 17.7 Å². The molecule has 2 heterocycles. The lowest BCUT2D eigenvalue weighted by atomic mass is 10.3. The van der Waals surface area contributed by atoms with Crippen molar-refractivity contribution in [1.82, 2.24) is 14.5 Å². The first kappa shape index (κ1) is 14.0. The van der Waals surface area contributed by atoms with Crippen LogP contribution in [0.15, 0.2) is 30.9 Å². The summed E-state index contributed by atoms with van der Waals surface area (Å²) in [6.07, 6.45) is 7.33. The van der Waals surface area contributed by atoms with E-state index in [0.717, 1.165) is 25.1 Å². The van der Waals surface area contributed by atoms with E-state index in [0.29, 0.717) is 12.4 Å². The van der Waals surface area contributed by atoms with E-state index in [1.54, 1.807) is 18.6 Å². The minimum atomic E-state index is -0.416. The van der Waals surface area contributed by atoms with Crippen LogP contribution in [0.4, 0.5) is 11.5 Å². The molecule has 0 unspecified atom stereocenters. The van der Waals surface area contributed by atoms with Crippen molar-refractivity contribution in [3.63, 3.8) is 0 Å². The number of aryl methyl sites for hydroxylation is 2.